The Morgan fingerprint density at radius 2 is 1.77 bits per heavy atom. The molecule has 0 aromatic carbocycles. The van der Waals surface area contributed by atoms with Gasteiger partial charge in [-0.15, -0.1) is 0 Å². The topological polar surface area (TPSA) is 82.6 Å². The molecule has 120 valence electrons. The second-order valence-corrected chi connectivity index (χ2v) is 6.09. The quantitative estimate of drug-likeness (QED) is 0.635. The van der Waals surface area contributed by atoms with Gasteiger partial charge in [-0.25, -0.2) is 9.97 Å². The van der Waals surface area contributed by atoms with Crippen LogP contribution in [0.1, 0.15) is 34.6 Å². The highest BCUT2D eigenvalue weighted by molar-refractivity contribution is 6.61. The molecule has 0 atom stereocenters. The molecule has 0 aliphatic carbocycles. The van der Waals surface area contributed by atoms with Gasteiger partial charge in [0, 0.05) is 17.9 Å². The number of carbonyl (C=O) groups is 1. The lowest BCUT2D eigenvalue weighted by Gasteiger charge is -2.32. The molecule has 1 fully saturated rings. The van der Waals surface area contributed by atoms with E-state index in [4.69, 9.17) is 14.0 Å². The molecule has 1 aliphatic heterocycles. The zero-order valence-electron chi connectivity index (χ0n) is 13.7. The monoisotopic (exact) mass is 307 g/mol. The van der Waals surface area contributed by atoms with Crippen molar-refractivity contribution < 1.29 is 18.8 Å². The molecule has 1 saturated heterocycles. The fourth-order valence-corrected chi connectivity index (χ4v) is 1.89. The predicted octanol–water partition coefficient (Wildman–Crippen LogP) is 0.751. The van der Waals surface area contributed by atoms with Crippen molar-refractivity contribution in [3.8, 4) is 0 Å². The molecule has 0 radical (unpaired) electrons. The normalized spacial score (nSPS) is 19.0. The smallest absolute Gasteiger partial charge is 0.465 e. The third-order valence-corrected chi connectivity index (χ3v) is 3.89. The van der Waals surface area contributed by atoms with E-state index in [1.165, 1.54) is 0 Å². The molecule has 2 heterocycles. The van der Waals surface area contributed by atoms with Crippen LogP contribution in [0.15, 0.2) is 12.4 Å². The van der Waals surface area contributed by atoms with E-state index in [2.05, 4.69) is 15.3 Å². The van der Waals surface area contributed by atoms with Gasteiger partial charge >= 0.3 is 13.1 Å². The summed E-state index contributed by atoms with van der Waals surface area (Å²) >= 11 is 0. The summed E-state index contributed by atoms with van der Waals surface area (Å²) in [4.78, 5) is 19.6. The van der Waals surface area contributed by atoms with Crippen LogP contribution in [0.2, 0.25) is 0 Å². The first-order valence-corrected chi connectivity index (χ1v) is 7.32. The van der Waals surface area contributed by atoms with Gasteiger partial charge in [-0.05, 0) is 34.6 Å². The Bertz CT molecular complexity index is 517. The van der Waals surface area contributed by atoms with E-state index in [-0.39, 0.29) is 12.5 Å². The molecule has 0 saturated carbocycles. The summed E-state index contributed by atoms with van der Waals surface area (Å²) in [6.45, 7) is 10.1. The van der Waals surface area contributed by atoms with Gasteiger partial charge in [-0.3, -0.25) is 4.79 Å². The Labute approximate surface area is 130 Å². The Hall–Kier alpha value is -1.67. The Morgan fingerprint density at radius 1 is 1.23 bits per heavy atom. The summed E-state index contributed by atoms with van der Waals surface area (Å²) in [5, 5.41) is 2.80. The first-order chi connectivity index (χ1) is 10.2. The van der Waals surface area contributed by atoms with Gasteiger partial charge in [0.15, 0.2) is 0 Å². The Kier molecular flexibility index (Phi) is 4.72. The summed E-state index contributed by atoms with van der Waals surface area (Å²) in [6, 6.07) is 0. The maximum atomic E-state index is 11.3. The first kappa shape index (κ1) is 16.7. The molecule has 1 aromatic heterocycles. The van der Waals surface area contributed by atoms with Crippen molar-refractivity contribution in [2.75, 3.05) is 18.5 Å². The molecule has 22 heavy (non-hydrogen) atoms. The van der Waals surface area contributed by atoms with Crippen LogP contribution in [-0.4, -0.2) is 47.4 Å². The fourth-order valence-electron chi connectivity index (χ4n) is 1.89. The highest BCUT2D eigenvalue weighted by Crippen LogP contribution is 2.36. The zero-order valence-corrected chi connectivity index (χ0v) is 13.7. The largest absolute Gasteiger partial charge is 0.498 e. The van der Waals surface area contributed by atoms with Crippen LogP contribution in [-0.2, 0) is 18.8 Å². The number of anilines is 1. The molecule has 0 unspecified atom stereocenters. The highest BCUT2D eigenvalue weighted by atomic mass is 16.7. The number of nitrogens with one attached hydrogen (secondary N) is 1. The van der Waals surface area contributed by atoms with Gasteiger partial charge in [0.2, 0.25) is 5.95 Å². The van der Waals surface area contributed by atoms with E-state index in [1.54, 1.807) is 19.3 Å². The number of ether oxygens (including phenoxy) is 1. The number of aromatic nitrogens is 2. The molecule has 2 rings (SSSR count). The van der Waals surface area contributed by atoms with Gasteiger partial charge < -0.3 is 19.4 Å². The second kappa shape index (κ2) is 6.22. The van der Waals surface area contributed by atoms with Crippen molar-refractivity contribution >= 4 is 24.5 Å². The number of hydrogen-bond donors (Lipinski definition) is 1. The predicted molar refractivity (Wildman–Crippen MR) is 82.9 cm³/mol. The fraction of sp³-hybridized carbons (Fsp3) is 0.643. The summed E-state index contributed by atoms with van der Waals surface area (Å²) in [6.07, 6.45) is 3.26. The SMILES string of the molecule is CCOC(=O)CNc1ncc(B2OC(C)(C)C(C)(C)O2)cn1. The van der Waals surface area contributed by atoms with E-state index in [1.807, 2.05) is 27.7 Å². The van der Waals surface area contributed by atoms with Crippen LogP contribution >= 0.6 is 0 Å². The van der Waals surface area contributed by atoms with Crippen molar-refractivity contribution in [3.05, 3.63) is 12.4 Å². The molecule has 0 spiro atoms. The van der Waals surface area contributed by atoms with Gasteiger partial charge in [0.1, 0.15) is 6.54 Å². The molecule has 1 aromatic rings. The van der Waals surface area contributed by atoms with Crippen molar-refractivity contribution in [1.82, 2.24) is 9.97 Å². The van der Waals surface area contributed by atoms with Gasteiger partial charge in [0.25, 0.3) is 0 Å². The summed E-state index contributed by atoms with van der Waals surface area (Å²) in [5.41, 5.74) is -0.0721. The molecular formula is C14H22BN3O4. The maximum Gasteiger partial charge on any atom is 0.498 e. The van der Waals surface area contributed by atoms with Crippen molar-refractivity contribution in [2.24, 2.45) is 0 Å². The van der Waals surface area contributed by atoms with Gasteiger partial charge in [-0.2, -0.15) is 0 Å². The number of rotatable bonds is 5. The molecule has 0 bridgehead atoms. The average Bonchev–Trinajstić information content (AvgIpc) is 2.66. The lowest BCUT2D eigenvalue weighted by molar-refractivity contribution is -0.140. The molecule has 7 nitrogen and oxygen atoms in total. The van der Waals surface area contributed by atoms with E-state index < -0.39 is 18.3 Å². The lowest BCUT2D eigenvalue weighted by atomic mass is 9.81. The summed E-state index contributed by atoms with van der Waals surface area (Å²) in [5.74, 6) is 0.00876. The van der Waals surface area contributed by atoms with Crippen LogP contribution in [0, 0.1) is 0 Å². The van der Waals surface area contributed by atoms with Gasteiger partial charge in [-0.1, -0.05) is 0 Å². The van der Waals surface area contributed by atoms with Crippen molar-refractivity contribution in [1.29, 1.82) is 0 Å². The van der Waals surface area contributed by atoms with Crippen molar-refractivity contribution in [3.63, 3.8) is 0 Å². The van der Waals surface area contributed by atoms with Crippen molar-refractivity contribution in [2.45, 2.75) is 45.8 Å². The van der Waals surface area contributed by atoms with E-state index in [0.29, 0.717) is 12.6 Å². The second-order valence-electron chi connectivity index (χ2n) is 6.09. The van der Waals surface area contributed by atoms with Gasteiger partial charge in [0.05, 0.1) is 17.8 Å². The minimum absolute atomic E-state index is 0.0314. The van der Waals surface area contributed by atoms with Crippen LogP contribution in [0.3, 0.4) is 0 Å². The van der Waals surface area contributed by atoms with Crippen LogP contribution in [0.5, 0.6) is 0 Å². The van der Waals surface area contributed by atoms with Crippen LogP contribution in [0.25, 0.3) is 0 Å². The zero-order chi connectivity index (χ0) is 16.4. The number of esters is 1. The number of carbonyl (C=O) groups excluding carboxylic acids is 1. The third kappa shape index (κ3) is 3.56. The Balaban J connectivity index is 1.97. The van der Waals surface area contributed by atoms with Crippen LogP contribution in [0.4, 0.5) is 5.95 Å². The third-order valence-electron chi connectivity index (χ3n) is 3.89. The molecule has 1 N–H and O–H groups in total. The van der Waals surface area contributed by atoms with E-state index >= 15 is 0 Å². The minimum Gasteiger partial charge on any atom is -0.465 e. The highest BCUT2D eigenvalue weighted by Gasteiger charge is 2.51. The number of nitrogens with zero attached hydrogens (tertiary/aromatic N) is 2. The molecular weight excluding hydrogens is 285 g/mol. The summed E-state index contributed by atoms with van der Waals surface area (Å²) in [7, 11) is -0.496. The lowest BCUT2D eigenvalue weighted by Crippen LogP contribution is -2.41. The first-order valence-electron chi connectivity index (χ1n) is 7.32. The van der Waals surface area contributed by atoms with E-state index in [9.17, 15) is 4.79 Å². The Morgan fingerprint density at radius 3 is 2.27 bits per heavy atom. The van der Waals surface area contributed by atoms with Crippen LogP contribution < -0.4 is 10.8 Å². The molecule has 8 heteroatoms. The molecule has 1 aliphatic rings. The standard InChI is InChI=1S/C14H22BN3O4/c1-6-20-11(19)9-18-12-16-7-10(8-17-12)15-21-13(2,3)14(4,5)22-15/h7-8H,6,9H2,1-5H3,(H,16,17,18). The number of hydrogen-bond acceptors (Lipinski definition) is 7. The summed E-state index contributed by atoms with van der Waals surface area (Å²) < 4.78 is 16.7. The maximum absolute atomic E-state index is 11.3. The van der Waals surface area contributed by atoms with E-state index in [0.717, 1.165) is 5.46 Å². The molecule has 0 amide bonds. The average molecular weight is 307 g/mol. The minimum atomic E-state index is -0.496.